The van der Waals surface area contributed by atoms with Crippen molar-refractivity contribution < 1.29 is 0 Å². The molecule has 0 aromatic rings. The quantitative estimate of drug-likeness (QED) is 0.345. The molecule has 0 aromatic carbocycles. The van der Waals surface area contributed by atoms with Gasteiger partial charge in [-0.05, 0) is 17.0 Å². The van der Waals surface area contributed by atoms with Crippen LogP contribution >= 0.6 is 21.6 Å². The third-order valence-electron chi connectivity index (χ3n) is 0.579. The number of aliphatic imine (C=N–C) groups is 1. The summed E-state index contributed by atoms with van der Waals surface area (Å²) in [5, 5.41) is 3.91. The summed E-state index contributed by atoms with van der Waals surface area (Å²) in [6, 6.07) is 0. The second-order valence-electron chi connectivity index (χ2n) is 1.03. The van der Waals surface area contributed by atoms with Gasteiger partial charge >= 0.3 is 0 Å². The van der Waals surface area contributed by atoms with E-state index in [9.17, 15) is 0 Å². The first-order chi connectivity index (χ1) is 3.85. The normalized spacial score (nSPS) is 11.6. The van der Waals surface area contributed by atoms with Crippen molar-refractivity contribution in [2.24, 2.45) is 4.99 Å². The number of rotatable bonds is 1. The van der Waals surface area contributed by atoms with Crippen molar-refractivity contribution in [3.05, 3.63) is 0 Å². The maximum Gasteiger partial charge on any atom is 0.166 e. The Kier molecular flexibility index (Phi) is 5.42. The lowest BCUT2D eigenvalue weighted by molar-refractivity contribution is 1.18. The second kappa shape index (κ2) is 5.31. The van der Waals surface area contributed by atoms with Crippen molar-refractivity contribution in [1.29, 1.82) is 0 Å². The van der Waals surface area contributed by atoms with Crippen LogP contribution in [0, 0.1) is 0 Å². The predicted molar refractivity (Wildman–Crippen MR) is 43.5 cm³/mol. The van der Waals surface area contributed by atoms with Crippen LogP contribution in [0.4, 0.5) is 0 Å². The van der Waals surface area contributed by atoms with Gasteiger partial charge in [0.2, 0.25) is 0 Å². The summed E-state index contributed by atoms with van der Waals surface area (Å²) >= 11 is 0. The van der Waals surface area contributed by atoms with Gasteiger partial charge in [0.15, 0.2) is 5.17 Å². The van der Waals surface area contributed by atoms with Crippen LogP contribution in [0.15, 0.2) is 4.99 Å². The molecule has 8 heavy (non-hydrogen) atoms. The molecule has 2 nitrogen and oxygen atoms in total. The summed E-state index contributed by atoms with van der Waals surface area (Å²) in [5.41, 5.74) is 0. The molecule has 4 heteroatoms. The highest BCUT2D eigenvalue weighted by Gasteiger charge is 1.89. The Labute approximate surface area is 57.9 Å². The highest BCUT2D eigenvalue weighted by molar-refractivity contribution is 8.82. The Morgan fingerprint density at radius 3 is 2.38 bits per heavy atom. The van der Waals surface area contributed by atoms with Crippen molar-refractivity contribution in [1.82, 2.24) is 5.32 Å². The SMILES string of the molecule is CN=C(NC)SSC. The van der Waals surface area contributed by atoms with Crippen LogP contribution in [0.3, 0.4) is 0 Å². The van der Waals surface area contributed by atoms with E-state index in [2.05, 4.69) is 10.3 Å². The number of nitrogens with zero attached hydrogens (tertiary/aromatic N) is 1. The van der Waals surface area contributed by atoms with Crippen LogP contribution < -0.4 is 5.32 Å². The molecule has 1 N–H and O–H groups in total. The molecule has 0 amide bonds. The van der Waals surface area contributed by atoms with Gasteiger partial charge in [0, 0.05) is 14.1 Å². The van der Waals surface area contributed by atoms with Crippen LogP contribution in [-0.4, -0.2) is 25.5 Å². The van der Waals surface area contributed by atoms with Crippen molar-refractivity contribution in [3.8, 4) is 0 Å². The molecule has 0 saturated heterocycles. The van der Waals surface area contributed by atoms with Gasteiger partial charge in [0.05, 0.1) is 0 Å². The average molecular weight is 150 g/mol. The zero-order valence-corrected chi connectivity index (χ0v) is 6.90. The lowest BCUT2D eigenvalue weighted by Gasteiger charge is -1.97. The maximum atomic E-state index is 3.94. The van der Waals surface area contributed by atoms with Crippen LogP contribution in [-0.2, 0) is 0 Å². The largest absolute Gasteiger partial charge is 0.367 e. The van der Waals surface area contributed by atoms with Crippen molar-refractivity contribution in [2.75, 3.05) is 20.4 Å². The van der Waals surface area contributed by atoms with Gasteiger partial charge in [-0.3, -0.25) is 4.99 Å². The number of hydrogen-bond acceptors (Lipinski definition) is 3. The average Bonchev–Trinajstić information content (AvgIpc) is 1.83. The molecule has 0 aromatic heterocycles. The number of nitrogens with one attached hydrogen (secondary N) is 1. The molecule has 0 radical (unpaired) electrons. The third kappa shape index (κ3) is 3.21. The maximum absolute atomic E-state index is 3.94. The molecule has 0 spiro atoms. The minimum Gasteiger partial charge on any atom is -0.367 e. The molecule has 0 saturated carbocycles. The molecule has 0 fully saturated rings. The first-order valence-corrected chi connectivity index (χ1v) is 4.76. The van der Waals surface area contributed by atoms with Crippen LogP contribution in [0.1, 0.15) is 0 Å². The van der Waals surface area contributed by atoms with E-state index in [1.807, 2.05) is 13.3 Å². The van der Waals surface area contributed by atoms with Gasteiger partial charge in [0.1, 0.15) is 0 Å². The Balaban J connectivity index is 3.38. The van der Waals surface area contributed by atoms with E-state index in [-0.39, 0.29) is 0 Å². The van der Waals surface area contributed by atoms with Gasteiger partial charge in [-0.2, -0.15) is 0 Å². The Hall–Kier alpha value is 0.170. The Morgan fingerprint density at radius 2 is 2.25 bits per heavy atom. The van der Waals surface area contributed by atoms with Crippen molar-refractivity contribution in [3.63, 3.8) is 0 Å². The fourth-order valence-electron chi connectivity index (χ4n) is 0.270. The standard InChI is InChI=1S/C4H10N2S2/c1-5-4(6-2)8-7-3/h1-3H3,(H,5,6). The summed E-state index contributed by atoms with van der Waals surface area (Å²) in [6.45, 7) is 0. The van der Waals surface area contributed by atoms with E-state index in [1.54, 1.807) is 28.6 Å². The summed E-state index contributed by atoms with van der Waals surface area (Å²) < 4.78 is 0. The first kappa shape index (κ1) is 8.17. The topological polar surface area (TPSA) is 24.4 Å². The van der Waals surface area contributed by atoms with Gasteiger partial charge in [-0.25, -0.2) is 0 Å². The van der Waals surface area contributed by atoms with E-state index < -0.39 is 0 Å². The van der Waals surface area contributed by atoms with E-state index in [4.69, 9.17) is 0 Å². The Morgan fingerprint density at radius 1 is 1.62 bits per heavy atom. The molecule has 0 heterocycles. The van der Waals surface area contributed by atoms with E-state index >= 15 is 0 Å². The van der Waals surface area contributed by atoms with Crippen molar-refractivity contribution in [2.45, 2.75) is 0 Å². The van der Waals surface area contributed by atoms with E-state index in [0.717, 1.165) is 5.17 Å². The van der Waals surface area contributed by atoms with Crippen molar-refractivity contribution >= 4 is 26.8 Å². The molecule has 48 valence electrons. The number of hydrogen-bond donors (Lipinski definition) is 1. The molecular formula is C4H10N2S2. The third-order valence-corrected chi connectivity index (χ3v) is 2.26. The Bertz CT molecular complexity index is 82.1. The lowest BCUT2D eigenvalue weighted by atomic mass is 11.1. The van der Waals surface area contributed by atoms with Gasteiger partial charge in [0.25, 0.3) is 0 Å². The highest BCUT2D eigenvalue weighted by atomic mass is 33.1. The zero-order chi connectivity index (χ0) is 6.41. The van der Waals surface area contributed by atoms with Crippen LogP contribution in [0.5, 0.6) is 0 Å². The molecule has 0 aliphatic heterocycles. The molecule has 0 rings (SSSR count). The van der Waals surface area contributed by atoms with E-state index in [1.165, 1.54) is 0 Å². The first-order valence-electron chi connectivity index (χ1n) is 2.20. The predicted octanol–water partition coefficient (Wildman–Crippen LogP) is 1.20. The minimum atomic E-state index is 0.970. The summed E-state index contributed by atoms with van der Waals surface area (Å²) in [6.07, 6.45) is 2.02. The smallest absolute Gasteiger partial charge is 0.166 e. The monoisotopic (exact) mass is 150 g/mol. The second-order valence-corrected chi connectivity index (χ2v) is 3.42. The van der Waals surface area contributed by atoms with Crippen LogP contribution in [0.2, 0.25) is 0 Å². The molecule has 0 bridgehead atoms. The molecule has 0 atom stereocenters. The highest BCUT2D eigenvalue weighted by Crippen LogP contribution is 2.16. The zero-order valence-electron chi connectivity index (χ0n) is 5.26. The molecular weight excluding hydrogens is 140 g/mol. The van der Waals surface area contributed by atoms with Gasteiger partial charge < -0.3 is 5.32 Å². The molecule has 0 aliphatic carbocycles. The van der Waals surface area contributed by atoms with Crippen LogP contribution in [0.25, 0.3) is 0 Å². The summed E-state index contributed by atoms with van der Waals surface area (Å²) in [4.78, 5) is 3.94. The van der Waals surface area contributed by atoms with Gasteiger partial charge in [-0.15, -0.1) is 0 Å². The summed E-state index contributed by atoms with van der Waals surface area (Å²) in [5.74, 6) is 0. The molecule has 0 aliphatic rings. The number of amidine groups is 1. The molecule has 0 unspecified atom stereocenters. The lowest BCUT2D eigenvalue weighted by Crippen LogP contribution is -2.12. The fraction of sp³-hybridized carbons (Fsp3) is 0.750. The van der Waals surface area contributed by atoms with Gasteiger partial charge in [-0.1, -0.05) is 10.8 Å². The minimum absolute atomic E-state index is 0.970. The van der Waals surface area contributed by atoms with E-state index in [0.29, 0.717) is 0 Å². The fourth-order valence-corrected chi connectivity index (χ4v) is 1.53. The summed E-state index contributed by atoms with van der Waals surface area (Å²) in [7, 11) is 6.95.